The Bertz CT molecular complexity index is 472. The van der Waals surface area contributed by atoms with Crippen molar-refractivity contribution in [2.45, 2.75) is 45.2 Å². The Balaban J connectivity index is 1.77. The summed E-state index contributed by atoms with van der Waals surface area (Å²) in [6.45, 7) is 6.30. The molecule has 1 fully saturated rings. The average molecular weight is 287 g/mol. The second-order valence-electron chi connectivity index (χ2n) is 5.80. The fourth-order valence-corrected chi connectivity index (χ4v) is 2.85. The van der Waals surface area contributed by atoms with Gasteiger partial charge in [0, 0.05) is 37.1 Å². The molecule has 1 aromatic rings. The predicted octanol–water partition coefficient (Wildman–Crippen LogP) is 2.47. The molecule has 1 aromatic heterocycles. The van der Waals surface area contributed by atoms with E-state index in [1.54, 1.807) is 24.5 Å². The molecule has 0 unspecified atom stereocenters. The highest BCUT2D eigenvalue weighted by Crippen LogP contribution is 2.18. The summed E-state index contributed by atoms with van der Waals surface area (Å²) < 4.78 is 0. The third-order valence-corrected chi connectivity index (χ3v) is 4.10. The van der Waals surface area contributed by atoms with E-state index in [1.807, 2.05) is 12.1 Å². The third-order valence-electron chi connectivity index (χ3n) is 4.10. The second kappa shape index (κ2) is 7.93. The van der Waals surface area contributed by atoms with Crippen molar-refractivity contribution in [2.24, 2.45) is 0 Å². The van der Waals surface area contributed by atoms with E-state index in [4.69, 9.17) is 0 Å². The predicted molar refractivity (Wildman–Crippen MR) is 85.8 cm³/mol. The first-order valence-corrected chi connectivity index (χ1v) is 7.78. The highest BCUT2D eigenvalue weighted by atomic mass is 16.1. The van der Waals surface area contributed by atoms with E-state index in [1.165, 1.54) is 19.3 Å². The van der Waals surface area contributed by atoms with Crippen LogP contribution in [0.4, 0.5) is 0 Å². The lowest BCUT2D eigenvalue weighted by Gasteiger charge is -2.38. The molecular weight excluding hydrogens is 262 g/mol. The van der Waals surface area contributed by atoms with Crippen molar-refractivity contribution in [3.8, 4) is 0 Å². The molecule has 2 heterocycles. The zero-order chi connectivity index (χ0) is 15.1. The highest BCUT2D eigenvalue weighted by Gasteiger charge is 2.22. The number of nitrogens with one attached hydrogen (secondary N) is 1. The number of nitrogens with zero attached hydrogens (tertiary/aromatic N) is 2. The number of hydrogen-bond acceptors (Lipinski definition) is 3. The van der Waals surface area contributed by atoms with Crippen LogP contribution in [0.1, 0.15) is 38.7 Å². The summed E-state index contributed by atoms with van der Waals surface area (Å²) in [7, 11) is 0. The summed E-state index contributed by atoms with van der Waals surface area (Å²) in [5.74, 6) is -0.0460. The standard InChI is InChI=1S/C17H25N3O/c1-14-6-3-4-11-20(14)15(2)12-19-17(21)9-8-16-7-5-10-18-13-16/h5,7-10,13-15H,3-4,6,11-12H2,1-2H3,(H,19,21)/b9-8+/t14-,15-/m1/s1. The normalized spacial score (nSPS) is 21.3. The lowest BCUT2D eigenvalue weighted by atomic mass is 10.0. The van der Waals surface area contributed by atoms with Gasteiger partial charge in [-0.3, -0.25) is 14.7 Å². The van der Waals surface area contributed by atoms with Gasteiger partial charge in [0.1, 0.15) is 0 Å². The Kier molecular flexibility index (Phi) is 5.93. The minimum absolute atomic E-state index is 0.0460. The molecule has 1 aliphatic rings. The van der Waals surface area contributed by atoms with Crippen LogP contribution in [0.3, 0.4) is 0 Å². The fourth-order valence-electron chi connectivity index (χ4n) is 2.85. The lowest BCUT2D eigenvalue weighted by Crippen LogP contribution is -2.48. The summed E-state index contributed by atoms with van der Waals surface area (Å²) >= 11 is 0. The van der Waals surface area contributed by atoms with Crippen molar-refractivity contribution in [1.82, 2.24) is 15.2 Å². The van der Waals surface area contributed by atoms with Crippen molar-refractivity contribution in [1.29, 1.82) is 0 Å². The maximum atomic E-state index is 11.8. The molecule has 2 rings (SSSR count). The van der Waals surface area contributed by atoms with E-state index in [-0.39, 0.29) is 5.91 Å². The quantitative estimate of drug-likeness (QED) is 0.846. The number of amides is 1. The Morgan fingerprint density at radius 3 is 3.14 bits per heavy atom. The number of piperidine rings is 1. The molecule has 4 nitrogen and oxygen atoms in total. The lowest BCUT2D eigenvalue weighted by molar-refractivity contribution is -0.116. The van der Waals surface area contributed by atoms with E-state index >= 15 is 0 Å². The first-order valence-electron chi connectivity index (χ1n) is 7.78. The summed E-state index contributed by atoms with van der Waals surface area (Å²) in [5.41, 5.74) is 0.936. The Morgan fingerprint density at radius 1 is 1.57 bits per heavy atom. The van der Waals surface area contributed by atoms with Crippen molar-refractivity contribution in [3.63, 3.8) is 0 Å². The van der Waals surface area contributed by atoms with Gasteiger partial charge in [-0.1, -0.05) is 12.5 Å². The molecular formula is C17H25N3O. The van der Waals surface area contributed by atoms with E-state index < -0.39 is 0 Å². The van der Waals surface area contributed by atoms with Crippen LogP contribution in [-0.2, 0) is 4.79 Å². The zero-order valence-corrected chi connectivity index (χ0v) is 13.0. The van der Waals surface area contributed by atoms with Crippen LogP contribution >= 0.6 is 0 Å². The summed E-state index contributed by atoms with van der Waals surface area (Å²) in [6, 6.07) is 4.79. The number of pyridine rings is 1. The van der Waals surface area contributed by atoms with Crippen LogP contribution in [0, 0.1) is 0 Å². The van der Waals surface area contributed by atoms with Gasteiger partial charge >= 0.3 is 0 Å². The summed E-state index contributed by atoms with van der Waals surface area (Å²) in [5, 5.41) is 2.98. The molecule has 0 spiro atoms. The first-order chi connectivity index (χ1) is 10.2. The fraction of sp³-hybridized carbons (Fsp3) is 0.529. The van der Waals surface area contributed by atoms with Crippen LogP contribution in [-0.4, -0.2) is 41.0 Å². The number of likely N-dealkylation sites (tertiary alicyclic amines) is 1. The molecule has 1 N–H and O–H groups in total. The van der Waals surface area contributed by atoms with Gasteiger partial charge in [-0.25, -0.2) is 0 Å². The maximum absolute atomic E-state index is 11.8. The van der Waals surface area contributed by atoms with E-state index in [0.29, 0.717) is 18.6 Å². The van der Waals surface area contributed by atoms with E-state index in [0.717, 1.165) is 12.1 Å². The SMILES string of the molecule is C[C@@H]1CCCCN1[C@H](C)CNC(=O)/C=C/c1cccnc1. The number of hydrogen-bond donors (Lipinski definition) is 1. The van der Waals surface area contributed by atoms with Crippen molar-refractivity contribution in [3.05, 3.63) is 36.2 Å². The summed E-state index contributed by atoms with van der Waals surface area (Å²) in [6.07, 6.45) is 10.7. The van der Waals surface area contributed by atoms with Crippen LogP contribution in [0.15, 0.2) is 30.6 Å². The molecule has 114 valence electrons. The van der Waals surface area contributed by atoms with Crippen molar-refractivity contribution >= 4 is 12.0 Å². The van der Waals surface area contributed by atoms with E-state index in [2.05, 4.69) is 29.0 Å². The Morgan fingerprint density at radius 2 is 2.43 bits per heavy atom. The van der Waals surface area contributed by atoms with Gasteiger partial charge < -0.3 is 5.32 Å². The summed E-state index contributed by atoms with van der Waals surface area (Å²) in [4.78, 5) is 18.4. The van der Waals surface area contributed by atoms with Crippen LogP contribution in [0.5, 0.6) is 0 Å². The van der Waals surface area contributed by atoms with Gasteiger partial charge in [-0.05, 0) is 50.9 Å². The highest BCUT2D eigenvalue weighted by molar-refractivity contribution is 5.91. The molecule has 1 saturated heterocycles. The molecule has 0 radical (unpaired) electrons. The number of aromatic nitrogens is 1. The molecule has 4 heteroatoms. The van der Waals surface area contributed by atoms with Crippen molar-refractivity contribution < 1.29 is 4.79 Å². The van der Waals surface area contributed by atoms with Gasteiger partial charge in [-0.15, -0.1) is 0 Å². The number of carbonyl (C=O) groups excluding carboxylic acids is 1. The average Bonchev–Trinajstić information content (AvgIpc) is 2.52. The van der Waals surface area contributed by atoms with Gasteiger partial charge in [0.15, 0.2) is 0 Å². The third kappa shape index (κ3) is 4.97. The Hall–Kier alpha value is -1.68. The molecule has 0 bridgehead atoms. The van der Waals surface area contributed by atoms with Crippen molar-refractivity contribution in [2.75, 3.05) is 13.1 Å². The monoisotopic (exact) mass is 287 g/mol. The first kappa shape index (κ1) is 15.7. The van der Waals surface area contributed by atoms with Gasteiger partial charge in [0.25, 0.3) is 0 Å². The topological polar surface area (TPSA) is 45.2 Å². The van der Waals surface area contributed by atoms with Crippen LogP contribution in [0.2, 0.25) is 0 Å². The van der Waals surface area contributed by atoms with Gasteiger partial charge in [0.2, 0.25) is 5.91 Å². The molecule has 0 aliphatic carbocycles. The van der Waals surface area contributed by atoms with Gasteiger partial charge in [-0.2, -0.15) is 0 Å². The second-order valence-corrected chi connectivity index (χ2v) is 5.80. The zero-order valence-electron chi connectivity index (χ0n) is 13.0. The largest absolute Gasteiger partial charge is 0.351 e. The minimum Gasteiger partial charge on any atom is -0.351 e. The molecule has 0 saturated carbocycles. The smallest absolute Gasteiger partial charge is 0.244 e. The van der Waals surface area contributed by atoms with E-state index in [9.17, 15) is 4.79 Å². The number of rotatable bonds is 5. The van der Waals surface area contributed by atoms with Gasteiger partial charge in [0.05, 0.1) is 0 Å². The molecule has 21 heavy (non-hydrogen) atoms. The Labute approximate surface area is 127 Å². The molecule has 0 aromatic carbocycles. The molecule has 2 atom stereocenters. The van der Waals surface area contributed by atoms with Crippen LogP contribution in [0.25, 0.3) is 6.08 Å². The number of carbonyl (C=O) groups is 1. The van der Waals surface area contributed by atoms with Crippen LogP contribution < -0.4 is 5.32 Å². The molecule has 1 aliphatic heterocycles. The minimum atomic E-state index is -0.0460. The molecule has 1 amide bonds. The maximum Gasteiger partial charge on any atom is 0.244 e.